The minimum absolute atomic E-state index is 0.000128. The molecule has 0 saturated carbocycles. The Morgan fingerprint density at radius 2 is 1.92 bits per heavy atom. The van der Waals surface area contributed by atoms with Crippen molar-refractivity contribution in [3.8, 4) is 0 Å². The SMILES string of the molecule is O=C(COC(=O)c1cc(Cl)ccn1)NCCNc1ccc([N+](=O)[O-])cc1. The molecule has 2 N–H and O–H groups in total. The molecule has 0 aliphatic carbocycles. The van der Waals surface area contributed by atoms with Gasteiger partial charge in [0, 0.05) is 42.1 Å². The highest BCUT2D eigenvalue weighted by molar-refractivity contribution is 6.30. The van der Waals surface area contributed by atoms with Gasteiger partial charge in [-0.1, -0.05) is 11.6 Å². The number of non-ortho nitro benzene ring substituents is 1. The lowest BCUT2D eigenvalue weighted by molar-refractivity contribution is -0.384. The fourth-order valence-corrected chi connectivity index (χ4v) is 2.04. The number of nitrogens with zero attached hydrogens (tertiary/aromatic N) is 2. The predicted molar refractivity (Wildman–Crippen MR) is 94.1 cm³/mol. The van der Waals surface area contributed by atoms with E-state index >= 15 is 0 Å². The molecule has 0 aliphatic heterocycles. The van der Waals surface area contributed by atoms with Crippen molar-refractivity contribution in [2.75, 3.05) is 25.0 Å². The lowest BCUT2D eigenvalue weighted by Gasteiger charge is -2.08. The second-order valence-corrected chi connectivity index (χ2v) is 5.45. The van der Waals surface area contributed by atoms with E-state index in [1.54, 1.807) is 12.1 Å². The molecule has 1 aromatic carbocycles. The number of anilines is 1. The first-order valence-corrected chi connectivity index (χ1v) is 7.87. The normalized spacial score (nSPS) is 10.0. The quantitative estimate of drug-likeness (QED) is 0.311. The van der Waals surface area contributed by atoms with Crippen LogP contribution < -0.4 is 10.6 Å². The monoisotopic (exact) mass is 378 g/mol. The van der Waals surface area contributed by atoms with Crippen LogP contribution in [-0.2, 0) is 9.53 Å². The number of hydrogen-bond acceptors (Lipinski definition) is 7. The Morgan fingerprint density at radius 1 is 1.19 bits per heavy atom. The predicted octanol–water partition coefficient (Wildman–Crippen LogP) is 2.03. The van der Waals surface area contributed by atoms with E-state index in [-0.39, 0.29) is 17.9 Å². The van der Waals surface area contributed by atoms with Gasteiger partial charge in [-0.2, -0.15) is 0 Å². The first-order valence-electron chi connectivity index (χ1n) is 7.49. The molecule has 1 aromatic heterocycles. The molecule has 1 amide bonds. The molecule has 0 spiro atoms. The summed E-state index contributed by atoms with van der Waals surface area (Å²) in [6.45, 7) is 0.237. The molecule has 0 atom stereocenters. The van der Waals surface area contributed by atoms with Gasteiger partial charge in [-0.15, -0.1) is 0 Å². The van der Waals surface area contributed by atoms with E-state index in [0.29, 0.717) is 17.3 Å². The lowest BCUT2D eigenvalue weighted by atomic mass is 10.3. The summed E-state index contributed by atoms with van der Waals surface area (Å²) in [7, 11) is 0. The van der Waals surface area contributed by atoms with Crippen molar-refractivity contribution in [3.05, 3.63) is 63.4 Å². The van der Waals surface area contributed by atoms with Gasteiger partial charge in [0.2, 0.25) is 0 Å². The number of halogens is 1. The number of pyridine rings is 1. The molecule has 9 nitrogen and oxygen atoms in total. The summed E-state index contributed by atoms with van der Waals surface area (Å²) in [6.07, 6.45) is 1.36. The maximum Gasteiger partial charge on any atom is 0.357 e. The lowest BCUT2D eigenvalue weighted by Crippen LogP contribution is -2.32. The number of benzene rings is 1. The Balaban J connectivity index is 1.65. The fraction of sp³-hybridized carbons (Fsp3) is 0.188. The molecule has 10 heteroatoms. The van der Waals surface area contributed by atoms with Crippen LogP contribution >= 0.6 is 11.6 Å². The summed E-state index contributed by atoms with van der Waals surface area (Å²) in [6, 6.07) is 8.76. The zero-order valence-corrected chi connectivity index (χ0v) is 14.2. The van der Waals surface area contributed by atoms with Crippen LogP contribution in [0.2, 0.25) is 5.02 Å². The number of hydrogen-bond donors (Lipinski definition) is 2. The van der Waals surface area contributed by atoms with Crippen LogP contribution in [0.4, 0.5) is 11.4 Å². The highest BCUT2D eigenvalue weighted by Gasteiger charge is 2.11. The molecule has 0 bridgehead atoms. The van der Waals surface area contributed by atoms with E-state index in [1.165, 1.54) is 30.5 Å². The Labute approximate surface area is 153 Å². The van der Waals surface area contributed by atoms with E-state index in [4.69, 9.17) is 16.3 Å². The van der Waals surface area contributed by atoms with Crippen LogP contribution in [0, 0.1) is 10.1 Å². The molecule has 136 valence electrons. The van der Waals surface area contributed by atoms with E-state index in [9.17, 15) is 19.7 Å². The number of nitro groups is 1. The molecular formula is C16H15ClN4O5. The molecule has 1 heterocycles. The number of carbonyl (C=O) groups is 2. The van der Waals surface area contributed by atoms with Gasteiger partial charge in [-0.3, -0.25) is 14.9 Å². The summed E-state index contributed by atoms with van der Waals surface area (Å²) in [4.78, 5) is 37.2. The van der Waals surface area contributed by atoms with Crippen molar-refractivity contribution >= 4 is 34.9 Å². The number of carbonyl (C=O) groups excluding carboxylic acids is 2. The van der Waals surface area contributed by atoms with Gasteiger partial charge in [0.15, 0.2) is 6.61 Å². The molecule has 0 aliphatic rings. The Kier molecular flexibility index (Phi) is 6.86. The highest BCUT2D eigenvalue weighted by Crippen LogP contribution is 2.14. The molecule has 0 saturated heterocycles. The van der Waals surface area contributed by atoms with Crippen LogP contribution in [0.3, 0.4) is 0 Å². The van der Waals surface area contributed by atoms with Crippen molar-refractivity contribution in [3.63, 3.8) is 0 Å². The molecule has 0 radical (unpaired) electrons. The number of ether oxygens (including phenoxy) is 1. The van der Waals surface area contributed by atoms with E-state index < -0.39 is 23.4 Å². The van der Waals surface area contributed by atoms with Gasteiger partial charge in [0.1, 0.15) is 5.69 Å². The van der Waals surface area contributed by atoms with Crippen molar-refractivity contribution in [2.45, 2.75) is 0 Å². The summed E-state index contributed by atoms with van der Waals surface area (Å²) < 4.78 is 4.84. The van der Waals surface area contributed by atoms with Gasteiger partial charge in [0.05, 0.1) is 4.92 Å². The second kappa shape index (κ2) is 9.33. The average Bonchev–Trinajstić information content (AvgIpc) is 2.63. The molecular weight excluding hydrogens is 364 g/mol. The minimum atomic E-state index is -0.744. The zero-order valence-electron chi connectivity index (χ0n) is 13.5. The van der Waals surface area contributed by atoms with Gasteiger partial charge in [0.25, 0.3) is 11.6 Å². The third-order valence-electron chi connectivity index (χ3n) is 3.12. The van der Waals surface area contributed by atoms with E-state index in [0.717, 1.165) is 0 Å². The van der Waals surface area contributed by atoms with Crippen LogP contribution in [0.15, 0.2) is 42.6 Å². The summed E-state index contributed by atoms with van der Waals surface area (Å²) in [5.41, 5.74) is 0.702. The molecule has 2 rings (SSSR count). The highest BCUT2D eigenvalue weighted by atomic mass is 35.5. The maximum atomic E-state index is 11.7. The molecule has 26 heavy (non-hydrogen) atoms. The first kappa shape index (κ1) is 19.1. The van der Waals surface area contributed by atoms with E-state index in [2.05, 4.69) is 15.6 Å². The van der Waals surface area contributed by atoms with Crippen LogP contribution in [-0.4, -0.2) is 41.5 Å². The van der Waals surface area contributed by atoms with Gasteiger partial charge >= 0.3 is 5.97 Å². The zero-order chi connectivity index (χ0) is 18.9. The minimum Gasteiger partial charge on any atom is -0.451 e. The number of rotatable bonds is 8. The topological polar surface area (TPSA) is 123 Å². The number of esters is 1. The third-order valence-corrected chi connectivity index (χ3v) is 3.35. The number of aromatic nitrogens is 1. The summed E-state index contributed by atoms with van der Waals surface area (Å²) >= 11 is 5.74. The van der Waals surface area contributed by atoms with Crippen LogP contribution in [0.1, 0.15) is 10.5 Å². The van der Waals surface area contributed by atoms with Crippen LogP contribution in [0.5, 0.6) is 0 Å². The smallest absolute Gasteiger partial charge is 0.357 e. The van der Waals surface area contributed by atoms with Crippen LogP contribution in [0.25, 0.3) is 0 Å². The van der Waals surface area contributed by atoms with Gasteiger partial charge < -0.3 is 15.4 Å². The molecule has 0 fully saturated rings. The Bertz CT molecular complexity index is 797. The van der Waals surface area contributed by atoms with Crippen molar-refractivity contribution in [1.29, 1.82) is 0 Å². The number of nitrogens with one attached hydrogen (secondary N) is 2. The number of nitro benzene ring substituents is 1. The largest absolute Gasteiger partial charge is 0.451 e. The Morgan fingerprint density at radius 3 is 2.58 bits per heavy atom. The van der Waals surface area contributed by atoms with Gasteiger partial charge in [-0.25, -0.2) is 9.78 Å². The molecule has 2 aromatic rings. The van der Waals surface area contributed by atoms with Crippen molar-refractivity contribution < 1.29 is 19.2 Å². The Hall–Kier alpha value is -3.20. The van der Waals surface area contributed by atoms with Gasteiger partial charge in [-0.05, 0) is 24.3 Å². The van der Waals surface area contributed by atoms with E-state index in [1.807, 2.05) is 0 Å². The standard InChI is InChI=1S/C16H15ClN4O5/c17-11-5-6-19-14(9-11)16(23)26-10-15(22)20-8-7-18-12-1-3-13(4-2-12)21(24)25/h1-6,9,18H,7-8,10H2,(H,20,22). The second-order valence-electron chi connectivity index (χ2n) is 5.02. The number of amides is 1. The maximum absolute atomic E-state index is 11.7. The van der Waals surface area contributed by atoms with Crippen molar-refractivity contribution in [1.82, 2.24) is 10.3 Å². The van der Waals surface area contributed by atoms with Crippen molar-refractivity contribution in [2.24, 2.45) is 0 Å². The third kappa shape index (κ3) is 6.02. The summed E-state index contributed by atoms with van der Waals surface area (Å²) in [5, 5.41) is 16.5. The fourth-order valence-electron chi connectivity index (χ4n) is 1.88. The molecule has 0 unspecified atom stereocenters. The first-order chi connectivity index (χ1) is 12.5. The average molecular weight is 379 g/mol. The summed E-state index contributed by atoms with van der Waals surface area (Å²) in [5.74, 6) is -1.21.